The van der Waals surface area contributed by atoms with Gasteiger partial charge in [-0.1, -0.05) is 32.9 Å². The largest absolute Gasteiger partial charge is 0.497 e. The fraction of sp³-hybridized carbons (Fsp3) is 0.667. The highest BCUT2D eigenvalue weighted by atomic mass is 16.5. The molecule has 0 saturated carbocycles. The zero-order valence-corrected chi connectivity index (χ0v) is 14.4. The molecule has 0 radical (unpaired) electrons. The molecule has 3 heteroatoms. The van der Waals surface area contributed by atoms with Crippen LogP contribution in [0, 0.1) is 5.41 Å². The zero-order valence-electron chi connectivity index (χ0n) is 14.4. The summed E-state index contributed by atoms with van der Waals surface area (Å²) in [5.41, 5.74) is 1.46. The number of rotatable bonds is 8. The monoisotopic (exact) mass is 293 g/mol. The molecule has 21 heavy (non-hydrogen) atoms. The number of likely N-dealkylation sites (N-methyl/N-ethyl adjacent to an activating group) is 1. The Bertz CT molecular complexity index is 395. The van der Waals surface area contributed by atoms with E-state index in [1.165, 1.54) is 5.56 Å². The predicted molar refractivity (Wildman–Crippen MR) is 89.0 cm³/mol. The topological polar surface area (TPSA) is 30.5 Å². The Kier molecular flexibility index (Phi) is 7.20. The maximum atomic E-state index is 6.00. The lowest BCUT2D eigenvalue weighted by Gasteiger charge is -2.36. The molecule has 0 aliphatic heterocycles. The van der Waals surface area contributed by atoms with Gasteiger partial charge in [-0.2, -0.15) is 0 Å². The van der Waals surface area contributed by atoms with E-state index in [9.17, 15) is 0 Å². The van der Waals surface area contributed by atoms with Crippen molar-refractivity contribution in [3.05, 3.63) is 29.8 Å². The lowest BCUT2D eigenvalue weighted by molar-refractivity contribution is -0.0357. The van der Waals surface area contributed by atoms with Crippen LogP contribution >= 0.6 is 0 Å². The van der Waals surface area contributed by atoms with Gasteiger partial charge in [-0.25, -0.2) is 0 Å². The SMILES string of the molecule is CCOC(C(CCc1ccc(OC)cc1)NC)C(C)(C)C. The van der Waals surface area contributed by atoms with E-state index in [1.54, 1.807) is 7.11 Å². The van der Waals surface area contributed by atoms with E-state index in [0.29, 0.717) is 6.04 Å². The second-order valence-electron chi connectivity index (χ2n) is 6.52. The van der Waals surface area contributed by atoms with Gasteiger partial charge in [-0.3, -0.25) is 0 Å². The van der Waals surface area contributed by atoms with E-state index in [2.05, 4.69) is 45.1 Å². The maximum Gasteiger partial charge on any atom is 0.118 e. The molecular formula is C18H31NO2. The van der Waals surface area contributed by atoms with E-state index in [-0.39, 0.29) is 11.5 Å². The van der Waals surface area contributed by atoms with Crippen molar-refractivity contribution in [2.24, 2.45) is 5.41 Å². The van der Waals surface area contributed by atoms with E-state index >= 15 is 0 Å². The molecule has 0 fully saturated rings. The molecule has 0 aromatic heterocycles. The highest BCUT2D eigenvalue weighted by molar-refractivity contribution is 5.27. The molecule has 0 aliphatic rings. The average Bonchev–Trinajstić information content (AvgIpc) is 2.46. The molecule has 1 rings (SSSR count). The Morgan fingerprint density at radius 3 is 2.19 bits per heavy atom. The molecule has 0 saturated heterocycles. The summed E-state index contributed by atoms with van der Waals surface area (Å²) in [4.78, 5) is 0. The molecule has 0 aliphatic carbocycles. The van der Waals surface area contributed by atoms with Crippen LogP contribution < -0.4 is 10.1 Å². The van der Waals surface area contributed by atoms with Crippen LogP contribution in [0.4, 0.5) is 0 Å². The van der Waals surface area contributed by atoms with Crippen molar-refractivity contribution in [1.29, 1.82) is 0 Å². The molecule has 3 nitrogen and oxygen atoms in total. The zero-order chi connectivity index (χ0) is 15.9. The molecule has 0 spiro atoms. The number of aryl methyl sites for hydroxylation is 1. The van der Waals surface area contributed by atoms with Crippen LogP contribution in [0.2, 0.25) is 0 Å². The van der Waals surface area contributed by atoms with Gasteiger partial charge >= 0.3 is 0 Å². The van der Waals surface area contributed by atoms with Gasteiger partial charge in [-0.15, -0.1) is 0 Å². The van der Waals surface area contributed by atoms with Gasteiger partial charge in [0.1, 0.15) is 5.75 Å². The third kappa shape index (κ3) is 5.68. The highest BCUT2D eigenvalue weighted by Crippen LogP contribution is 2.27. The van der Waals surface area contributed by atoms with E-state index in [4.69, 9.17) is 9.47 Å². The summed E-state index contributed by atoms with van der Waals surface area (Å²) in [7, 11) is 3.72. The van der Waals surface area contributed by atoms with Crippen LogP contribution in [0.3, 0.4) is 0 Å². The highest BCUT2D eigenvalue weighted by Gasteiger charge is 2.31. The van der Waals surface area contributed by atoms with Crippen LogP contribution in [0.25, 0.3) is 0 Å². The Balaban J connectivity index is 2.67. The van der Waals surface area contributed by atoms with Gasteiger partial charge in [0, 0.05) is 12.6 Å². The molecule has 2 unspecified atom stereocenters. The summed E-state index contributed by atoms with van der Waals surface area (Å²) in [6.07, 6.45) is 2.31. The first-order chi connectivity index (χ1) is 9.92. The first kappa shape index (κ1) is 18.0. The van der Waals surface area contributed by atoms with Gasteiger partial charge in [0.25, 0.3) is 0 Å². The minimum absolute atomic E-state index is 0.129. The van der Waals surface area contributed by atoms with Crippen molar-refractivity contribution in [3.8, 4) is 5.75 Å². The minimum atomic E-state index is 0.129. The van der Waals surface area contributed by atoms with E-state index < -0.39 is 0 Å². The molecule has 0 amide bonds. The summed E-state index contributed by atoms with van der Waals surface area (Å²) >= 11 is 0. The third-order valence-corrected chi connectivity index (χ3v) is 3.84. The van der Waals surface area contributed by atoms with Gasteiger partial charge in [0.05, 0.1) is 13.2 Å². The van der Waals surface area contributed by atoms with Crippen LogP contribution in [0.15, 0.2) is 24.3 Å². The van der Waals surface area contributed by atoms with Gasteiger partial charge < -0.3 is 14.8 Å². The smallest absolute Gasteiger partial charge is 0.118 e. The molecule has 1 aromatic rings. The second-order valence-corrected chi connectivity index (χ2v) is 6.52. The number of hydrogen-bond acceptors (Lipinski definition) is 3. The summed E-state index contributed by atoms with van der Waals surface area (Å²) in [6, 6.07) is 8.67. The van der Waals surface area contributed by atoms with Crippen molar-refractivity contribution >= 4 is 0 Å². The standard InChI is InChI=1S/C18H31NO2/c1-7-21-17(18(2,3)4)16(19-5)13-10-14-8-11-15(20-6)12-9-14/h8-9,11-12,16-17,19H,7,10,13H2,1-6H3. The number of benzene rings is 1. The average molecular weight is 293 g/mol. The maximum absolute atomic E-state index is 6.00. The number of methoxy groups -OCH3 is 1. The van der Waals surface area contributed by atoms with Crippen LogP contribution in [-0.4, -0.2) is 32.9 Å². The molecule has 0 bridgehead atoms. The summed E-state index contributed by atoms with van der Waals surface area (Å²) in [5.74, 6) is 0.908. The number of hydrogen-bond donors (Lipinski definition) is 1. The number of ether oxygens (including phenoxy) is 2. The molecule has 2 atom stereocenters. The predicted octanol–water partition coefficient (Wildman–Crippen LogP) is 3.67. The van der Waals surface area contributed by atoms with Crippen molar-refractivity contribution in [3.63, 3.8) is 0 Å². The second kappa shape index (κ2) is 8.40. The first-order valence-electron chi connectivity index (χ1n) is 7.84. The fourth-order valence-electron chi connectivity index (χ4n) is 2.71. The van der Waals surface area contributed by atoms with Gasteiger partial charge in [0.2, 0.25) is 0 Å². The fourth-order valence-corrected chi connectivity index (χ4v) is 2.71. The summed E-state index contributed by atoms with van der Waals surface area (Å²) < 4.78 is 11.2. The van der Waals surface area contributed by atoms with Crippen LogP contribution in [0.5, 0.6) is 5.75 Å². The van der Waals surface area contributed by atoms with Crippen molar-refractivity contribution in [2.75, 3.05) is 20.8 Å². The molecule has 0 heterocycles. The quantitative estimate of drug-likeness (QED) is 0.793. The molecular weight excluding hydrogens is 262 g/mol. The Hall–Kier alpha value is -1.06. The summed E-state index contributed by atoms with van der Waals surface area (Å²) in [5, 5.41) is 3.44. The number of nitrogens with one attached hydrogen (secondary N) is 1. The Morgan fingerprint density at radius 1 is 1.14 bits per heavy atom. The van der Waals surface area contributed by atoms with Crippen LogP contribution in [-0.2, 0) is 11.2 Å². The van der Waals surface area contributed by atoms with E-state index in [0.717, 1.165) is 25.2 Å². The van der Waals surface area contributed by atoms with Crippen molar-refractivity contribution < 1.29 is 9.47 Å². The van der Waals surface area contributed by atoms with E-state index in [1.807, 2.05) is 19.2 Å². The minimum Gasteiger partial charge on any atom is -0.497 e. The Labute approximate surface area is 130 Å². The lowest BCUT2D eigenvalue weighted by atomic mass is 9.82. The first-order valence-corrected chi connectivity index (χ1v) is 7.84. The van der Waals surface area contributed by atoms with Crippen LogP contribution in [0.1, 0.15) is 39.7 Å². The molecule has 120 valence electrons. The summed E-state index contributed by atoms with van der Waals surface area (Å²) in [6.45, 7) is 9.54. The molecule has 1 N–H and O–H groups in total. The third-order valence-electron chi connectivity index (χ3n) is 3.84. The van der Waals surface area contributed by atoms with Gasteiger partial charge in [-0.05, 0) is 49.9 Å². The van der Waals surface area contributed by atoms with Crippen molar-refractivity contribution in [2.45, 2.75) is 52.7 Å². The Morgan fingerprint density at radius 2 is 1.76 bits per heavy atom. The lowest BCUT2D eigenvalue weighted by Crippen LogP contribution is -2.47. The van der Waals surface area contributed by atoms with Crippen molar-refractivity contribution in [1.82, 2.24) is 5.32 Å². The van der Waals surface area contributed by atoms with Gasteiger partial charge in [0.15, 0.2) is 0 Å². The molecule has 1 aromatic carbocycles. The normalized spacial score (nSPS) is 14.8.